The Bertz CT molecular complexity index is 947. The highest BCUT2D eigenvalue weighted by atomic mass is 31.1. The Morgan fingerprint density at radius 2 is 1.56 bits per heavy atom. The summed E-state index contributed by atoms with van der Waals surface area (Å²) in [6, 6.07) is 5.69. The van der Waals surface area contributed by atoms with E-state index in [2.05, 4.69) is 5.32 Å². The maximum Gasteiger partial charge on any atom is 0.317 e. The van der Waals surface area contributed by atoms with Gasteiger partial charge in [-0.25, -0.2) is 0 Å². The fourth-order valence-electron chi connectivity index (χ4n) is 4.64. The van der Waals surface area contributed by atoms with Gasteiger partial charge in [-0.1, -0.05) is 12.1 Å². The van der Waals surface area contributed by atoms with Gasteiger partial charge in [0.1, 0.15) is 0 Å². The molecule has 0 radical (unpaired) electrons. The first-order valence-corrected chi connectivity index (χ1v) is 14.0. The van der Waals surface area contributed by atoms with Crippen LogP contribution in [0.5, 0.6) is 0 Å². The lowest BCUT2D eigenvalue weighted by molar-refractivity contribution is -0.384. The summed E-state index contributed by atoms with van der Waals surface area (Å²) in [6.45, 7) is 2.35. The number of non-ortho nitro benzene ring substituents is 1. The van der Waals surface area contributed by atoms with Gasteiger partial charge < -0.3 is 25.2 Å². The molecule has 0 spiro atoms. The second kappa shape index (κ2) is 16.9. The summed E-state index contributed by atoms with van der Waals surface area (Å²) in [6.07, 6.45) is 1.22. The van der Waals surface area contributed by atoms with Crippen LogP contribution in [0.3, 0.4) is 0 Å². The van der Waals surface area contributed by atoms with Gasteiger partial charge in [0.05, 0.1) is 38.7 Å². The molecule has 39 heavy (non-hydrogen) atoms. The Morgan fingerprint density at radius 1 is 0.949 bits per heavy atom. The van der Waals surface area contributed by atoms with Gasteiger partial charge in [-0.2, -0.15) is 0 Å². The summed E-state index contributed by atoms with van der Waals surface area (Å²) >= 11 is 0. The average molecular weight is 572 g/mol. The van der Waals surface area contributed by atoms with E-state index in [0.29, 0.717) is 65.1 Å². The predicted octanol–water partition coefficient (Wildman–Crippen LogP) is 0.522. The molecule has 2 rings (SSSR count). The van der Waals surface area contributed by atoms with Crippen molar-refractivity contribution >= 4 is 32.1 Å². The molecule has 0 amide bonds. The number of carboxylic acid groups (broad SMARTS) is 3. The fourth-order valence-corrected chi connectivity index (χ4v) is 5.48. The minimum absolute atomic E-state index is 0.0304. The molecule has 0 bridgehead atoms. The molecule has 4 N–H and O–H groups in total. The molecule has 218 valence electrons. The lowest BCUT2D eigenvalue weighted by Crippen LogP contribution is -2.46. The molecule has 1 aromatic carbocycles. The molecular weight excluding hydrogens is 533 g/mol. The first kappa shape index (κ1) is 32.3. The molecule has 0 aromatic heterocycles. The van der Waals surface area contributed by atoms with Crippen LogP contribution in [-0.4, -0.2) is 124 Å². The highest BCUT2D eigenvalue weighted by molar-refractivity contribution is 7.24. The number of nitrogens with one attached hydrogen (secondary N) is 1. The number of rotatable bonds is 11. The monoisotopic (exact) mass is 571 g/mol. The van der Waals surface area contributed by atoms with E-state index < -0.39 is 37.3 Å². The van der Waals surface area contributed by atoms with Crippen molar-refractivity contribution in [2.24, 2.45) is 0 Å². The topological polar surface area (TPSA) is 194 Å². The standard InChI is InChI=1S/C24H38N5O9P/c30-22(31)15-19-6-10-27(17-24(34)35)13-12-26(16-23(32)33)8-1-9-28(11-7-25-19)21(39-38)14-18-2-4-20(5-3-18)29(36)37/h2-5,19,21,25H,1,6-17,39H2,(H,30,31)(H,32,33)(H,34,35). The Kier molecular flexibility index (Phi) is 14.0. The van der Waals surface area contributed by atoms with E-state index in [1.165, 1.54) is 12.1 Å². The smallest absolute Gasteiger partial charge is 0.317 e. The Balaban J connectivity index is 2.20. The van der Waals surface area contributed by atoms with E-state index in [1.807, 2.05) is 4.90 Å². The van der Waals surface area contributed by atoms with Crippen molar-refractivity contribution in [1.82, 2.24) is 20.0 Å². The lowest BCUT2D eigenvalue weighted by Gasteiger charge is -2.32. The van der Waals surface area contributed by atoms with Gasteiger partial charge >= 0.3 is 17.9 Å². The van der Waals surface area contributed by atoms with Gasteiger partial charge in [0.25, 0.3) is 5.69 Å². The van der Waals surface area contributed by atoms with Crippen LogP contribution in [0.1, 0.15) is 24.8 Å². The molecule has 1 aliphatic rings. The number of carboxylic acids is 3. The molecule has 1 aromatic rings. The molecule has 15 heteroatoms. The number of aliphatic carboxylic acids is 3. The molecule has 1 aliphatic heterocycles. The minimum Gasteiger partial charge on any atom is -0.481 e. The Morgan fingerprint density at radius 3 is 2.10 bits per heavy atom. The molecule has 1 saturated heterocycles. The second-order valence-corrected chi connectivity index (χ2v) is 10.6. The number of hydrogen-bond acceptors (Lipinski definition) is 10. The number of nitro benzene ring substituents is 1. The number of nitrogens with zero attached hydrogens (tertiary/aromatic N) is 4. The first-order valence-electron chi connectivity index (χ1n) is 12.8. The first-order chi connectivity index (χ1) is 18.6. The van der Waals surface area contributed by atoms with E-state index >= 15 is 0 Å². The van der Waals surface area contributed by atoms with E-state index in [1.54, 1.807) is 21.9 Å². The molecule has 1 fully saturated rings. The van der Waals surface area contributed by atoms with Crippen LogP contribution >= 0.6 is 8.46 Å². The third kappa shape index (κ3) is 12.7. The van der Waals surface area contributed by atoms with Crippen LogP contribution in [-0.2, 0) is 25.4 Å². The van der Waals surface area contributed by atoms with E-state index in [0.717, 1.165) is 5.56 Å². The second-order valence-electron chi connectivity index (χ2n) is 9.60. The van der Waals surface area contributed by atoms with Gasteiger partial charge in [-0.05, 0) is 24.8 Å². The van der Waals surface area contributed by atoms with Crippen molar-refractivity contribution in [1.29, 1.82) is 0 Å². The molecule has 3 unspecified atom stereocenters. The van der Waals surface area contributed by atoms with Gasteiger partial charge in [0.15, 0.2) is 0 Å². The largest absolute Gasteiger partial charge is 0.481 e. The maximum atomic E-state index is 12.3. The highest BCUT2D eigenvalue weighted by Gasteiger charge is 2.22. The van der Waals surface area contributed by atoms with E-state index in [-0.39, 0.29) is 31.0 Å². The summed E-state index contributed by atoms with van der Waals surface area (Å²) in [5.74, 6) is -3.33. The van der Waals surface area contributed by atoms with Crippen LogP contribution < -0.4 is 5.32 Å². The summed E-state index contributed by atoms with van der Waals surface area (Å²) in [4.78, 5) is 50.2. The fraction of sp³-hybridized carbons (Fsp3) is 0.625. The molecular formula is C24H38N5O9P. The summed E-state index contributed by atoms with van der Waals surface area (Å²) < 4.78 is 12.3. The zero-order valence-electron chi connectivity index (χ0n) is 21.8. The van der Waals surface area contributed by atoms with Crippen LogP contribution in [0.25, 0.3) is 0 Å². The maximum absolute atomic E-state index is 12.3. The number of benzene rings is 1. The van der Waals surface area contributed by atoms with Crippen molar-refractivity contribution in [3.8, 4) is 0 Å². The Labute approximate surface area is 227 Å². The minimum atomic E-state index is -1.24. The molecule has 1 heterocycles. The number of nitro groups is 1. The molecule has 0 saturated carbocycles. The molecule has 14 nitrogen and oxygen atoms in total. The lowest BCUT2D eigenvalue weighted by atomic mass is 10.1. The third-order valence-electron chi connectivity index (χ3n) is 6.63. The SMILES string of the molecule is O=[PH2]C(Cc1ccc([N+](=O)[O-])cc1)N1CCCN(CC(=O)O)CCN(CC(=O)O)CCC(CC(=O)O)NCC1. The van der Waals surface area contributed by atoms with E-state index in [4.69, 9.17) is 0 Å². The summed E-state index contributed by atoms with van der Waals surface area (Å²) in [5, 5.41) is 42.2. The van der Waals surface area contributed by atoms with E-state index in [9.17, 15) is 44.4 Å². The van der Waals surface area contributed by atoms with Crippen molar-refractivity contribution < 1.29 is 39.2 Å². The van der Waals surface area contributed by atoms with Gasteiger partial charge in [-0.15, -0.1) is 0 Å². The normalized spacial score (nSPS) is 20.4. The van der Waals surface area contributed by atoms with Crippen LogP contribution in [0, 0.1) is 10.1 Å². The van der Waals surface area contributed by atoms with Crippen molar-refractivity contribution in [2.75, 3.05) is 58.9 Å². The molecule has 3 atom stereocenters. The zero-order valence-corrected chi connectivity index (χ0v) is 23.0. The quantitative estimate of drug-likeness (QED) is 0.163. The summed E-state index contributed by atoms with van der Waals surface area (Å²) in [7, 11) is -1.24. The predicted molar refractivity (Wildman–Crippen MR) is 144 cm³/mol. The highest BCUT2D eigenvalue weighted by Crippen LogP contribution is 2.21. The third-order valence-corrected chi connectivity index (χ3v) is 7.61. The van der Waals surface area contributed by atoms with Gasteiger partial charge in [0.2, 0.25) is 0 Å². The van der Waals surface area contributed by atoms with Crippen molar-refractivity contribution in [3.63, 3.8) is 0 Å². The van der Waals surface area contributed by atoms with Crippen LogP contribution in [0.15, 0.2) is 24.3 Å². The zero-order chi connectivity index (χ0) is 28.8. The van der Waals surface area contributed by atoms with Gasteiger partial charge in [-0.3, -0.25) is 39.2 Å². The average Bonchev–Trinajstić information content (AvgIpc) is 2.86. The molecule has 0 aliphatic carbocycles. The number of carbonyl (C=O) groups is 3. The van der Waals surface area contributed by atoms with Crippen molar-refractivity contribution in [2.45, 2.75) is 37.5 Å². The van der Waals surface area contributed by atoms with Crippen molar-refractivity contribution in [3.05, 3.63) is 39.9 Å². The number of hydrogen-bond donors (Lipinski definition) is 4. The van der Waals surface area contributed by atoms with Crippen LogP contribution in [0.4, 0.5) is 5.69 Å². The Hall–Kier alpha value is -2.90. The van der Waals surface area contributed by atoms with Crippen LogP contribution in [0.2, 0.25) is 0 Å². The summed E-state index contributed by atoms with van der Waals surface area (Å²) in [5.41, 5.74) is 0.772. The van der Waals surface area contributed by atoms with Gasteiger partial charge in [0, 0.05) is 64.0 Å².